The Morgan fingerprint density at radius 1 is 0.739 bits per heavy atom. The van der Waals surface area contributed by atoms with Crippen molar-refractivity contribution in [1.29, 1.82) is 0 Å². The number of hydrogen-bond donors (Lipinski definition) is 0. The Balaban J connectivity index is 1.70. The van der Waals surface area contributed by atoms with Crippen LogP contribution in [0.15, 0.2) is 61.1 Å². The van der Waals surface area contributed by atoms with Crippen LogP contribution < -0.4 is 0 Å². The summed E-state index contributed by atoms with van der Waals surface area (Å²) < 4.78 is 0.888. The molecule has 1 aromatic carbocycles. The molecule has 4 aromatic rings. The third kappa shape index (κ3) is 2.29. The number of pyridine rings is 1. The molecule has 0 atom stereocenters. The van der Waals surface area contributed by atoms with Gasteiger partial charge in [0, 0.05) is 10.7 Å². The summed E-state index contributed by atoms with van der Waals surface area (Å²) >= 11 is 6.42. The summed E-state index contributed by atoms with van der Waals surface area (Å²) in [5.74, 6) is 0. The minimum Gasteiger partial charge on any atom is -0.237 e. The zero-order valence-electron chi connectivity index (χ0n) is 11.4. The van der Waals surface area contributed by atoms with Gasteiger partial charge in [-0.25, -0.2) is 24.9 Å². The highest BCUT2D eigenvalue weighted by Gasteiger charge is 2.23. The van der Waals surface area contributed by atoms with Crippen molar-refractivity contribution in [2.45, 2.75) is 20.1 Å². The predicted molar refractivity (Wildman–Crippen MR) is 92.8 cm³/mol. The molecule has 1 aliphatic rings. The van der Waals surface area contributed by atoms with Crippen LogP contribution in [0.2, 0.25) is 0 Å². The van der Waals surface area contributed by atoms with E-state index in [0.29, 0.717) is 5.65 Å². The van der Waals surface area contributed by atoms with Gasteiger partial charge in [-0.05, 0) is 57.7 Å². The van der Waals surface area contributed by atoms with E-state index in [-0.39, 0.29) is 0 Å². The van der Waals surface area contributed by atoms with Crippen LogP contribution in [-0.4, -0.2) is 24.9 Å². The fourth-order valence-electron chi connectivity index (χ4n) is 2.31. The van der Waals surface area contributed by atoms with E-state index in [9.17, 15) is 0 Å². The minimum absolute atomic E-state index is 0.636. The van der Waals surface area contributed by atoms with Gasteiger partial charge in [-0.3, -0.25) is 0 Å². The fourth-order valence-corrected chi connectivity index (χ4v) is 4.59. The monoisotopic (exact) mass is 399 g/mol. The van der Waals surface area contributed by atoms with Gasteiger partial charge in [0.15, 0.2) is 5.65 Å². The second kappa shape index (κ2) is 5.12. The zero-order chi connectivity index (χ0) is 15.4. The molecule has 0 unspecified atom stereocenters. The summed E-state index contributed by atoms with van der Waals surface area (Å²) in [6.07, 6.45) is 1.73. The average molecular weight is 400 g/mol. The molecule has 0 amide bonds. The highest BCUT2D eigenvalue weighted by molar-refractivity contribution is 9.10. The van der Waals surface area contributed by atoms with Gasteiger partial charge in [0.2, 0.25) is 0 Å². The average Bonchev–Trinajstić information content (AvgIpc) is 2.56. The maximum atomic E-state index is 4.70. The molecule has 0 aliphatic carbocycles. The summed E-state index contributed by atoms with van der Waals surface area (Å²) in [6, 6.07) is 9.79. The van der Waals surface area contributed by atoms with Crippen molar-refractivity contribution >= 4 is 61.7 Å². The van der Waals surface area contributed by atoms with Crippen LogP contribution in [0.5, 0.6) is 0 Å². The Hall–Kier alpha value is -1.77. The maximum Gasteiger partial charge on any atom is 0.179 e. The third-order valence-electron chi connectivity index (χ3n) is 3.32. The molecule has 0 saturated carbocycles. The van der Waals surface area contributed by atoms with Crippen molar-refractivity contribution in [2.75, 3.05) is 0 Å². The molecule has 0 fully saturated rings. The predicted octanol–water partition coefficient (Wildman–Crippen LogP) is 4.35. The molecule has 8 heteroatoms. The molecule has 0 bridgehead atoms. The number of hydrogen-bond acceptors (Lipinski definition) is 7. The van der Waals surface area contributed by atoms with E-state index in [1.54, 1.807) is 6.20 Å². The lowest BCUT2D eigenvalue weighted by atomic mass is 10.3. The summed E-state index contributed by atoms with van der Waals surface area (Å²) in [7, 11) is 0. The second-order valence-corrected chi connectivity index (χ2v) is 7.73. The number of aromatic nitrogens is 5. The van der Waals surface area contributed by atoms with Crippen molar-refractivity contribution in [3.8, 4) is 0 Å². The molecule has 0 spiro atoms. The van der Waals surface area contributed by atoms with Crippen LogP contribution in [0.1, 0.15) is 0 Å². The van der Waals surface area contributed by atoms with E-state index in [0.717, 1.165) is 41.1 Å². The topological polar surface area (TPSA) is 64.5 Å². The standard InChI is InChI=1S/C15H6BrN5S2/c16-7-5-10-11(17-6-7)21-15-14(20-10)22-12-13(23-15)19-9-4-2-1-3-8(9)18-12/h1-6H. The number of rotatable bonds is 0. The normalized spacial score (nSPS) is 13.1. The van der Waals surface area contributed by atoms with Crippen LogP contribution in [0.3, 0.4) is 0 Å². The minimum atomic E-state index is 0.636. The Morgan fingerprint density at radius 3 is 1.96 bits per heavy atom. The van der Waals surface area contributed by atoms with Crippen molar-refractivity contribution in [3.05, 3.63) is 41.0 Å². The van der Waals surface area contributed by atoms with E-state index in [1.807, 2.05) is 30.3 Å². The smallest absolute Gasteiger partial charge is 0.179 e. The van der Waals surface area contributed by atoms with Gasteiger partial charge < -0.3 is 0 Å². The van der Waals surface area contributed by atoms with Gasteiger partial charge in [0.25, 0.3) is 0 Å². The molecule has 5 nitrogen and oxygen atoms in total. The largest absolute Gasteiger partial charge is 0.237 e. The summed E-state index contributed by atoms with van der Waals surface area (Å²) in [5, 5.41) is 3.42. The highest BCUT2D eigenvalue weighted by Crippen LogP contribution is 2.45. The highest BCUT2D eigenvalue weighted by atomic mass is 79.9. The van der Waals surface area contributed by atoms with Gasteiger partial charge in [-0.1, -0.05) is 12.1 Å². The summed E-state index contributed by atoms with van der Waals surface area (Å²) in [5.41, 5.74) is 3.18. The molecule has 0 saturated heterocycles. The first-order valence-corrected chi connectivity index (χ1v) is 9.15. The lowest BCUT2D eigenvalue weighted by Crippen LogP contribution is -2.01. The van der Waals surface area contributed by atoms with E-state index < -0.39 is 0 Å². The van der Waals surface area contributed by atoms with Crippen LogP contribution in [0.4, 0.5) is 0 Å². The van der Waals surface area contributed by atoms with E-state index in [4.69, 9.17) is 9.97 Å². The van der Waals surface area contributed by atoms with E-state index >= 15 is 0 Å². The van der Waals surface area contributed by atoms with Gasteiger partial charge >= 0.3 is 0 Å². The van der Waals surface area contributed by atoms with Crippen LogP contribution in [0.25, 0.3) is 22.2 Å². The first kappa shape index (κ1) is 13.6. The van der Waals surface area contributed by atoms with Crippen LogP contribution in [0, 0.1) is 0 Å². The van der Waals surface area contributed by atoms with Gasteiger partial charge in [-0.15, -0.1) is 0 Å². The van der Waals surface area contributed by atoms with Crippen molar-refractivity contribution < 1.29 is 0 Å². The van der Waals surface area contributed by atoms with E-state index in [1.165, 1.54) is 23.5 Å². The number of nitrogens with zero attached hydrogens (tertiary/aromatic N) is 5. The van der Waals surface area contributed by atoms with Crippen LogP contribution in [-0.2, 0) is 0 Å². The Labute approximate surface area is 147 Å². The summed E-state index contributed by atoms with van der Waals surface area (Å²) in [6.45, 7) is 0. The number of benzene rings is 1. The van der Waals surface area contributed by atoms with Gasteiger partial charge in [0.05, 0.1) is 11.0 Å². The number of fused-ring (bicyclic) bond motifs is 4. The maximum absolute atomic E-state index is 4.70. The molecule has 0 radical (unpaired) electrons. The molecule has 0 N–H and O–H groups in total. The molecule has 23 heavy (non-hydrogen) atoms. The quantitative estimate of drug-likeness (QED) is 0.383. The lowest BCUT2D eigenvalue weighted by molar-refractivity contribution is 0.895. The SMILES string of the molecule is Brc1cnc2nc3c(nc2c1)Sc1nc2ccccc2nc1S3. The molecular weight excluding hydrogens is 394 g/mol. The molecule has 1 aliphatic heterocycles. The Kier molecular flexibility index (Phi) is 3.04. The molecule has 5 rings (SSSR count). The first-order chi connectivity index (χ1) is 11.3. The van der Waals surface area contributed by atoms with Gasteiger partial charge in [-0.2, -0.15) is 0 Å². The Bertz CT molecular complexity index is 1100. The Morgan fingerprint density at radius 2 is 1.30 bits per heavy atom. The lowest BCUT2D eigenvalue weighted by Gasteiger charge is -2.15. The third-order valence-corrected chi connectivity index (χ3v) is 5.93. The van der Waals surface area contributed by atoms with Crippen molar-refractivity contribution in [3.63, 3.8) is 0 Å². The molecule has 4 heterocycles. The first-order valence-electron chi connectivity index (χ1n) is 6.72. The molecule has 110 valence electrons. The number of halogens is 1. The zero-order valence-corrected chi connectivity index (χ0v) is 14.6. The van der Waals surface area contributed by atoms with Crippen molar-refractivity contribution in [2.24, 2.45) is 0 Å². The second-order valence-electron chi connectivity index (χ2n) is 4.86. The fraction of sp³-hybridized carbons (Fsp3) is 0. The molecular formula is C15H6BrN5S2. The molecule has 3 aromatic heterocycles. The van der Waals surface area contributed by atoms with Gasteiger partial charge in [0.1, 0.15) is 25.6 Å². The van der Waals surface area contributed by atoms with Crippen molar-refractivity contribution in [1.82, 2.24) is 24.9 Å². The van der Waals surface area contributed by atoms with Crippen LogP contribution >= 0.6 is 39.5 Å². The summed E-state index contributed by atoms with van der Waals surface area (Å²) in [4.78, 5) is 23.0. The number of para-hydroxylation sites is 2. The van der Waals surface area contributed by atoms with E-state index in [2.05, 4.69) is 30.9 Å².